The van der Waals surface area contributed by atoms with Crippen LogP contribution in [0.25, 0.3) is 0 Å². The molecule has 1 aromatic rings. The summed E-state index contributed by atoms with van der Waals surface area (Å²) in [6.07, 6.45) is 1.97. The van der Waals surface area contributed by atoms with Crippen molar-refractivity contribution in [2.24, 2.45) is 5.41 Å². The normalized spacial score (nSPS) is 14.1. The number of nitrogens with zero attached hydrogens (tertiary/aromatic N) is 1. The quantitative estimate of drug-likeness (QED) is 0.702. The van der Waals surface area contributed by atoms with Gasteiger partial charge in [0.2, 0.25) is 0 Å². The molecule has 0 radical (unpaired) electrons. The maximum atomic E-state index is 11.2. The molecule has 1 unspecified atom stereocenters. The molecule has 0 saturated heterocycles. The molecule has 0 N–H and O–H groups in total. The Morgan fingerprint density at radius 3 is 2.41 bits per heavy atom. The average molecular weight is 233 g/mol. The molecule has 0 fully saturated rings. The van der Waals surface area contributed by atoms with Crippen molar-refractivity contribution in [2.75, 3.05) is 18.0 Å². The number of benzene rings is 1. The van der Waals surface area contributed by atoms with Crippen LogP contribution in [-0.4, -0.2) is 19.4 Å². The summed E-state index contributed by atoms with van der Waals surface area (Å²) in [5, 5.41) is 0. The maximum Gasteiger partial charge on any atom is 0.127 e. The Kier molecular flexibility index (Phi) is 4.73. The van der Waals surface area contributed by atoms with Crippen molar-refractivity contribution in [3.63, 3.8) is 0 Å². The Hall–Kier alpha value is -1.31. The highest BCUT2D eigenvalue weighted by atomic mass is 16.1. The van der Waals surface area contributed by atoms with E-state index in [0.717, 1.165) is 25.8 Å². The van der Waals surface area contributed by atoms with Gasteiger partial charge in [0.1, 0.15) is 6.29 Å². The fraction of sp³-hybridized carbons (Fsp3) is 0.533. The van der Waals surface area contributed by atoms with Gasteiger partial charge in [-0.1, -0.05) is 32.0 Å². The number of hydrogen-bond acceptors (Lipinski definition) is 2. The number of carbonyl (C=O) groups excluding carboxylic acids is 1. The second-order valence-corrected chi connectivity index (χ2v) is 4.93. The van der Waals surface area contributed by atoms with E-state index in [1.165, 1.54) is 11.3 Å². The highest BCUT2D eigenvalue weighted by Crippen LogP contribution is 2.25. The van der Waals surface area contributed by atoms with Gasteiger partial charge in [0.15, 0.2) is 0 Å². The van der Waals surface area contributed by atoms with E-state index in [9.17, 15) is 4.79 Å². The van der Waals surface area contributed by atoms with Crippen LogP contribution in [0.4, 0.5) is 5.69 Å². The highest BCUT2D eigenvalue weighted by molar-refractivity contribution is 5.62. The van der Waals surface area contributed by atoms with Crippen LogP contribution in [0.1, 0.15) is 32.8 Å². The Morgan fingerprint density at radius 2 is 1.94 bits per heavy atom. The predicted octanol–water partition coefficient (Wildman–Crippen LogP) is 3.44. The lowest BCUT2D eigenvalue weighted by atomic mass is 9.88. The first-order chi connectivity index (χ1) is 8.06. The number of carbonyl (C=O) groups is 1. The van der Waals surface area contributed by atoms with Crippen molar-refractivity contribution in [1.29, 1.82) is 0 Å². The van der Waals surface area contributed by atoms with Crippen molar-refractivity contribution >= 4 is 12.0 Å². The SMILES string of the molecule is CCN(CC(C)(C=O)CC)c1ccccc1C. The smallest absolute Gasteiger partial charge is 0.127 e. The Labute approximate surface area is 105 Å². The molecular weight excluding hydrogens is 210 g/mol. The van der Waals surface area contributed by atoms with Crippen molar-refractivity contribution in [3.05, 3.63) is 29.8 Å². The van der Waals surface area contributed by atoms with E-state index >= 15 is 0 Å². The van der Waals surface area contributed by atoms with Crippen molar-refractivity contribution in [3.8, 4) is 0 Å². The van der Waals surface area contributed by atoms with E-state index in [4.69, 9.17) is 0 Å². The summed E-state index contributed by atoms with van der Waals surface area (Å²) >= 11 is 0. The van der Waals surface area contributed by atoms with Crippen LogP contribution in [0.2, 0.25) is 0 Å². The van der Waals surface area contributed by atoms with Gasteiger partial charge >= 0.3 is 0 Å². The van der Waals surface area contributed by atoms with Gasteiger partial charge in [0.25, 0.3) is 0 Å². The highest BCUT2D eigenvalue weighted by Gasteiger charge is 2.24. The minimum absolute atomic E-state index is 0.252. The fourth-order valence-corrected chi connectivity index (χ4v) is 1.95. The van der Waals surface area contributed by atoms with Gasteiger partial charge in [-0.25, -0.2) is 0 Å². The van der Waals surface area contributed by atoms with Gasteiger partial charge in [0.05, 0.1) is 0 Å². The second kappa shape index (κ2) is 5.85. The lowest BCUT2D eigenvalue weighted by molar-refractivity contribution is -0.115. The first kappa shape index (κ1) is 13.8. The first-order valence-corrected chi connectivity index (χ1v) is 6.33. The predicted molar refractivity (Wildman–Crippen MR) is 73.5 cm³/mol. The van der Waals surface area contributed by atoms with E-state index in [1.807, 2.05) is 13.0 Å². The molecule has 0 aromatic heterocycles. The summed E-state index contributed by atoms with van der Waals surface area (Å²) < 4.78 is 0. The van der Waals surface area contributed by atoms with E-state index in [-0.39, 0.29) is 5.41 Å². The molecule has 94 valence electrons. The van der Waals surface area contributed by atoms with Gasteiger partial charge in [-0.3, -0.25) is 0 Å². The van der Waals surface area contributed by atoms with Crippen LogP contribution in [-0.2, 0) is 4.79 Å². The molecule has 17 heavy (non-hydrogen) atoms. The molecule has 1 atom stereocenters. The molecule has 0 aliphatic carbocycles. The zero-order valence-electron chi connectivity index (χ0n) is 11.4. The van der Waals surface area contributed by atoms with Crippen LogP contribution in [0.3, 0.4) is 0 Å². The maximum absolute atomic E-state index is 11.2. The van der Waals surface area contributed by atoms with Gasteiger partial charge in [-0.2, -0.15) is 0 Å². The zero-order chi connectivity index (χ0) is 12.9. The molecule has 1 aromatic carbocycles. The number of rotatable bonds is 6. The fourth-order valence-electron chi connectivity index (χ4n) is 1.95. The topological polar surface area (TPSA) is 20.3 Å². The van der Waals surface area contributed by atoms with E-state index in [0.29, 0.717) is 0 Å². The molecule has 0 spiro atoms. The average Bonchev–Trinajstić information content (AvgIpc) is 2.37. The number of para-hydroxylation sites is 1. The van der Waals surface area contributed by atoms with E-state index in [2.05, 4.69) is 43.9 Å². The molecular formula is C15H23NO. The summed E-state index contributed by atoms with van der Waals surface area (Å²) in [7, 11) is 0. The lowest BCUT2D eigenvalue weighted by Gasteiger charge is -2.32. The third-order valence-corrected chi connectivity index (χ3v) is 3.48. The van der Waals surface area contributed by atoms with Crippen LogP contribution < -0.4 is 4.90 Å². The summed E-state index contributed by atoms with van der Waals surface area (Å²) in [5.74, 6) is 0. The number of hydrogen-bond donors (Lipinski definition) is 0. The van der Waals surface area contributed by atoms with Crippen LogP contribution in [0.15, 0.2) is 24.3 Å². The molecule has 0 bridgehead atoms. The third-order valence-electron chi connectivity index (χ3n) is 3.48. The molecule has 0 heterocycles. The summed E-state index contributed by atoms with van der Waals surface area (Å²) in [4.78, 5) is 13.5. The molecule has 2 heteroatoms. The van der Waals surface area contributed by atoms with Gasteiger partial charge in [-0.05, 0) is 31.9 Å². The monoisotopic (exact) mass is 233 g/mol. The van der Waals surface area contributed by atoms with Crippen LogP contribution in [0.5, 0.6) is 0 Å². The second-order valence-electron chi connectivity index (χ2n) is 4.93. The summed E-state index contributed by atoms with van der Waals surface area (Å²) in [6, 6.07) is 8.34. The third kappa shape index (κ3) is 3.32. The molecule has 0 amide bonds. The molecule has 0 aliphatic rings. The van der Waals surface area contributed by atoms with E-state index in [1.54, 1.807) is 0 Å². The largest absolute Gasteiger partial charge is 0.371 e. The van der Waals surface area contributed by atoms with E-state index < -0.39 is 0 Å². The number of aryl methyl sites for hydroxylation is 1. The Bertz CT molecular complexity index is 375. The minimum atomic E-state index is -0.252. The Morgan fingerprint density at radius 1 is 1.29 bits per heavy atom. The molecule has 2 nitrogen and oxygen atoms in total. The molecule has 0 saturated carbocycles. The summed E-state index contributed by atoms with van der Waals surface area (Å²) in [6.45, 7) is 10.1. The molecule has 1 rings (SSSR count). The zero-order valence-corrected chi connectivity index (χ0v) is 11.4. The van der Waals surface area contributed by atoms with Crippen molar-refractivity contribution in [2.45, 2.75) is 34.1 Å². The summed E-state index contributed by atoms with van der Waals surface area (Å²) in [5.41, 5.74) is 2.24. The van der Waals surface area contributed by atoms with Gasteiger partial charge in [0, 0.05) is 24.2 Å². The van der Waals surface area contributed by atoms with Crippen LogP contribution in [0, 0.1) is 12.3 Å². The lowest BCUT2D eigenvalue weighted by Crippen LogP contribution is -2.37. The van der Waals surface area contributed by atoms with Crippen molar-refractivity contribution < 1.29 is 4.79 Å². The Balaban J connectivity index is 2.93. The minimum Gasteiger partial charge on any atom is -0.371 e. The number of aldehydes is 1. The van der Waals surface area contributed by atoms with Gasteiger partial charge in [-0.15, -0.1) is 0 Å². The van der Waals surface area contributed by atoms with Crippen molar-refractivity contribution in [1.82, 2.24) is 0 Å². The van der Waals surface area contributed by atoms with Gasteiger partial charge < -0.3 is 9.69 Å². The standard InChI is InChI=1S/C15H23NO/c1-5-15(4,12-17)11-16(6-2)14-10-8-7-9-13(14)3/h7-10,12H,5-6,11H2,1-4H3. The van der Waals surface area contributed by atoms with Crippen LogP contribution >= 0.6 is 0 Å². The number of anilines is 1. The first-order valence-electron chi connectivity index (χ1n) is 6.33. The molecule has 0 aliphatic heterocycles.